The summed E-state index contributed by atoms with van der Waals surface area (Å²) in [5.41, 5.74) is 2.44. The Balaban J connectivity index is 2.10. The first-order valence-electron chi connectivity index (χ1n) is 7.35. The van der Waals surface area contributed by atoms with E-state index in [0.29, 0.717) is 0 Å². The van der Waals surface area contributed by atoms with Gasteiger partial charge in [0, 0.05) is 5.41 Å². The van der Waals surface area contributed by atoms with Gasteiger partial charge in [0.25, 0.3) is 0 Å². The molecule has 1 atom stereocenters. The first-order valence-corrected chi connectivity index (χ1v) is 8.16. The molecule has 0 bridgehead atoms. The van der Waals surface area contributed by atoms with Gasteiger partial charge in [0.05, 0.1) is 16.7 Å². The molecule has 0 radical (unpaired) electrons. The normalized spacial score (nSPS) is 19.1. The van der Waals surface area contributed by atoms with Gasteiger partial charge in [-0.05, 0) is 32.3 Å². The van der Waals surface area contributed by atoms with Crippen LogP contribution in [0.2, 0.25) is 0 Å². The molecular formula is C17H21NOS. The molecule has 2 nitrogen and oxygen atoms in total. The monoisotopic (exact) mass is 287 g/mol. The Labute approximate surface area is 124 Å². The van der Waals surface area contributed by atoms with E-state index in [1.54, 1.807) is 11.3 Å². The number of aliphatic hydroxyl groups excluding tert-OH is 1. The fourth-order valence-corrected chi connectivity index (χ4v) is 4.63. The minimum absolute atomic E-state index is 0.0732. The zero-order valence-corrected chi connectivity index (χ0v) is 12.9. The van der Waals surface area contributed by atoms with Crippen molar-refractivity contribution >= 4 is 11.3 Å². The molecule has 0 aliphatic heterocycles. The average molecular weight is 287 g/mol. The summed E-state index contributed by atoms with van der Waals surface area (Å²) < 4.78 is 0. The predicted octanol–water partition coefficient (Wildman–Crippen LogP) is 4.36. The topological polar surface area (TPSA) is 33.1 Å². The molecule has 1 aromatic heterocycles. The van der Waals surface area contributed by atoms with Crippen molar-refractivity contribution in [3.63, 3.8) is 0 Å². The van der Waals surface area contributed by atoms with E-state index < -0.39 is 6.10 Å². The second-order valence-corrected chi connectivity index (χ2v) is 6.83. The predicted molar refractivity (Wildman–Crippen MR) is 83.2 cm³/mol. The lowest BCUT2D eigenvalue weighted by Crippen LogP contribution is -2.23. The second-order valence-electron chi connectivity index (χ2n) is 5.80. The molecule has 3 heteroatoms. The van der Waals surface area contributed by atoms with Crippen molar-refractivity contribution in [2.24, 2.45) is 0 Å². The van der Waals surface area contributed by atoms with Crippen molar-refractivity contribution in [3.05, 3.63) is 51.5 Å². The van der Waals surface area contributed by atoms with Crippen LogP contribution < -0.4 is 0 Å². The number of aliphatic hydroxyl groups is 1. The van der Waals surface area contributed by atoms with Crippen LogP contribution in [0.3, 0.4) is 0 Å². The fraction of sp³-hybridized carbons (Fsp3) is 0.471. The molecule has 2 aromatic rings. The highest BCUT2D eigenvalue weighted by Gasteiger charge is 2.40. The molecule has 20 heavy (non-hydrogen) atoms. The van der Waals surface area contributed by atoms with Crippen molar-refractivity contribution < 1.29 is 5.11 Å². The van der Waals surface area contributed by atoms with Crippen LogP contribution in [-0.4, -0.2) is 10.1 Å². The summed E-state index contributed by atoms with van der Waals surface area (Å²) in [6.45, 7) is 3.84. The van der Waals surface area contributed by atoms with Crippen LogP contribution in [0.1, 0.15) is 59.9 Å². The van der Waals surface area contributed by atoms with Gasteiger partial charge in [-0.2, -0.15) is 0 Å². The number of aromatic nitrogens is 1. The highest BCUT2D eigenvalue weighted by atomic mass is 32.1. The molecule has 0 amide bonds. The molecule has 1 unspecified atom stereocenters. The van der Waals surface area contributed by atoms with Crippen LogP contribution >= 0.6 is 11.3 Å². The van der Waals surface area contributed by atoms with Gasteiger partial charge in [-0.15, -0.1) is 11.3 Å². The molecule has 1 heterocycles. The first kappa shape index (κ1) is 13.8. The molecule has 1 fully saturated rings. The summed E-state index contributed by atoms with van der Waals surface area (Å²) >= 11 is 1.70. The lowest BCUT2D eigenvalue weighted by molar-refractivity contribution is 0.202. The largest absolute Gasteiger partial charge is 0.388 e. The maximum absolute atomic E-state index is 9.89. The van der Waals surface area contributed by atoms with Gasteiger partial charge in [0.15, 0.2) is 0 Å². The third-order valence-electron chi connectivity index (χ3n) is 4.40. The van der Waals surface area contributed by atoms with Gasteiger partial charge in [0.2, 0.25) is 0 Å². The minimum atomic E-state index is -0.421. The number of thiazole rings is 1. The van der Waals surface area contributed by atoms with Gasteiger partial charge >= 0.3 is 0 Å². The Morgan fingerprint density at radius 2 is 1.85 bits per heavy atom. The third kappa shape index (κ3) is 2.19. The summed E-state index contributed by atoms with van der Waals surface area (Å²) in [7, 11) is 0. The first-order chi connectivity index (χ1) is 9.63. The Bertz CT molecular complexity index is 582. The molecule has 1 aliphatic rings. The SMILES string of the molecule is Cc1nc(C2(c3ccccc3)CCCC2)sc1C(C)O. The number of nitrogens with zero attached hydrogens (tertiary/aromatic N) is 1. The van der Waals surface area contributed by atoms with Gasteiger partial charge in [-0.25, -0.2) is 4.98 Å². The van der Waals surface area contributed by atoms with E-state index in [0.717, 1.165) is 10.6 Å². The van der Waals surface area contributed by atoms with Crippen LogP contribution in [0.5, 0.6) is 0 Å². The zero-order valence-electron chi connectivity index (χ0n) is 12.1. The standard InChI is InChI=1S/C17H21NOS/c1-12-15(13(2)19)20-16(18-12)17(10-6-7-11-17)14-8-4-3-5-9-14/h3-5,8-9,13,19H,6-7,10-11H2,1-2H3. The van der Waals surface area contributed by atoms with Crippen LogP contribution in [-0.2, 0) is 5.41 Å². The van der Waals surface area contributed by atoms with Gasteiger partial charge in [-0.1, -0.05) is 43.2 Å². The molecule has 1 saturated carbocycles. The maximum Gasteiger partial charge on any atom is 0.104 e. The summed E-state index contributed by atoms with van der Waals surface area (Å²) in [4.78, 5) is 5.84. The maximum atomic E-state index is 9.89. The lowest BCUT2D eigenvalue weighted by Gasteiger charge is -2.27. The highest BCUT2D eigenvalue weighted by Crippen LogP contribution is 2.48. The molecule has 106 valence electrons. The number of hydrogen-bond acceptors (Lipinski definition) is 3. The van der Waals surface area contributed by atoms with E-state index in [1.165, 1.54) is 36.3 Å². The highest BCUT2D eigenvalue weighted by molar-refractivity contribution is 7.12. The second kappa shape index (κ2) is 5.30. The number of aryl methyl sites for hydroxylation is 1. The number of hydrogen-bond donors (Lipinski definition) is 1. The Hall–Kier alpha value is -1.19. The summed E-state index contributed by atoms with van der Waals surface area (Å²) in [6.07, 6.45) is 4.44. The number of rotatable bonds is 3. The Morgan fingerprint density at radius 1 is 1.20 bits per heavy atom. The van der Waals surface area contributed by atoms with Crippen molar-refractivity contribution in [2.45, 2.75) is 51.0 Å². The van der Waals surface area contributed by atoms with E-state index in [2.05, 4.69) is 30.3 Å². The van der Waals surface area contributed by atoms with E-state index >= 15 is 0 Å². The minimum Gasteiger partial charge on any atom is -0.388 e. The quantitative estimate of drug-likeness (QED) is 0.909. The van der Waals surface area contributed by atoms with Crippen molar-refractivity contribution in [3.8, 4) is 0 Å². The molecular weight excluding hydrogens is 266 g/mol. The Morgan fingerprint density at radius 3 is 2.40 bits per heavy atom. The van der Waals surface area contributed by atoms with Gasteiger partial charge in [-0.3, -0.25) is 0 Å². The van der Waals surface area contributed by atoms with Crippen molar-refractivity contribution in [1.82, 2.24) is 4.98 Å². The van der Waals surface area contributed by atoms with Crippen molar-refractivity contribution in [2.75, 3.05) is 0 Å². The molecule has 1 aromatic carbocycles. The Kier molecular flexibility index (Phi) is 3.65. The van der Waals surface area contributed by atoms with E-state index in [9.17, 15) is 5.11 Å². The van der Waals surface area contributed by atoms with E-state index in [4.69, 9.17) is 4.98 Å². The van der Waals surface area contributed by atoms with Crippen molar-refractivity contribution in [1.29, 1.82) is 0 Å². The molecule has 1 N–H and O–H groups in total. The number of benzene rings is 1. The molecule has 3 rings (SSSR count). The molecule has 1 aliphatic carbocycles. The summed E-state index contributed by atoms with van der Waals surface area (Å²) in [5.74, 6) is 0. The molecule has 0 spiro atoms. The van der Waals surface area contributed by atoms with Gasteiger partial charge in [0.1, 0.15) is 5.01 Å². The van der Waals surface area contributed by atoms with Crippen LogP contribution in [0, 0.1) is 6.92 Å². The third-order valence-corrected chi connectivity index (χ3v) is 5.94. The lowest BCUT2D eigenvalue weighted by atomic mass is 9.79. The average Bonchev–Trinajstić information content (AvgIpc) is 3.07. The fourth-order valence-electron chi connectivity index (χ4n) is 3.36. The van der Waals surface area contributed by atoms with Gasteiger partial charge < -0.3 is 5.11 Å². The van der Waals surface area contributed by atoms with E-state index in [1.807, 2.05) is 13.8 Å². The summed E-state index contributed by atoms with van der Waals surface area (Å²) in [6, 6.07) is 10.8. The van der Waals surface area contributed by atoms with Crippen LogP contribution in [0.25, 0.3) is 0 Å². The molecule has 0 saturated heterocycles. The summed E-state index contributed by atoms with van der Waals surface area (Å²) in [5, 5.41) is 11.1. The van der Waals surface area contributed by atoms with Crippen LogP contribution in [0.4, 0.5) is 0 Å². The smallest absolute Gasteiger partial charge is 0.104 e. The van der Waals surface area contributed by atoms with Crippen LogP contribution in [0.15, 0.2) is 30.3 Å². The van der Waals surface area contributed by atoms with E-state index in [-0.39, 0.29) is 5.41 Å². The zero-order chi connectivity index (χ0) is 14.2.